The van der Waals surface area contributed by atoms with Crippen LogP contribution in [0.2, 0.25) is 0 Å². The first kappa shape index (κ1) is 16.3. The Morgan fingerprint density at radius 1 is 1.00 bits per heavy atom. The van der Waals surface area contributed by atoms with Crippen molar-refractivity contribution in [2.24, 2.45) is 7.05 Å². The third kappa shape index (κ3) is 2.75. The molecule has 2 heterocycles. The van der Waals surface area contributed by atoms with E-state index in [0.29, 0.717) is 11.4 Å². The Balaban J connectivity index is 1.80. The molecule has 2 aromatic carbocycles. The summed E-state index contributed by atoms with van der Waals surface area (Å²) in [6.45, 7) is 0.533. The van der Waals surface area contributed by atoms with Crippen LogP contribution in [0.5, 0.6) is 0 Å². The molecule has 0 bridgehead atoms. The van der Waals surface area contributed by atoms with Crippen molar-refractivity contribution in [1.29, 1.82) is 0 Å². The first-order valence-electron chi connectivity index (χ1n) is 8.57. The van der Waals surface area contributed by atoms with Gasteiger partial charge in [0.25, 0.3) is 0 Å². The Kier molecular flexibility index (Phi) is 4.09. The molecule has 0 N–H and O–H groups in total. The summed E-state index contributed by atoms with van der Waals surface area (Å²) in [6.07, 6.45) is 2.68. The summed E-state index contributed by atoms with van der Waals surface area (Å²) in [5, 5.41) is 0. The van der Waals surface area contributed by atoms with Gasteiger partial charge < -0.3 is 4.57 Å². The van der Waals surface area contributed by atoms with E-state index in [1.54, 1.807) is 28.6 Å². The number of aromatic nitrogens is 2. The third-order valence-electron chi connectivity index (χ3n) is 4.92. The lowest BCUT2D eigenvalue weighted by molar-refractivity contribution is 0.243. The van der Waals surface area contributed by atoms with Crippen molar-refractivity contribution in [3.63, 3.8) is 0 Å². The van der Waals surface area contributed by atoms with Crippen molar-refractivity contribution < 1.29 is 8.42 Å². The normalized spacial score (nSPS) is 19.3. The highest BCUT2D eigenvalue weighted by Gasteiger charge is 2.36. The van der Waals surface area contributed by atoms with E-state index in [0.717, 1.165) is 36.1 Å². The second-order valence-corrected chi connectivity index (χ2v) is 8.35. The number of benzene rings is 2. The lowest BCUT2D eigenvalue weighted by Crippen LogP contribution is -2.39. The lowest BCUT2D eigenvalue weighted by atomic mass is 10.0. The number of hydrogen-bond acceptors (Lipinski definition) is 3. The van der Waals surface area contributed by atoms with Crippen LogP contribution < -0.4 is 0 Å². The number of imidazole rings is 1. The van der Waals surface area contributed by atoms with Crippen molar-refractivity contribution in [1.82, 2.24) is 13.9 Å². The van der Waals surface area contributed by atoms with E-state index in [1.165, 1.54) is 0 Å². The summed E-state index contributed by atoms with van der Waals surface area (Å²) in [6, 6.07) is 16.4. The molecule has 5 nitrogen and oxygen atoms in total. The summed E-state index contributed by atoms with van der Waals surface area (Å²) in [7, 11) is -1.57. The molecule has 1 unspecified atom stereocenters. The molecule has 1 aliphatic heterocycles. The van der Waals surface area contributed by atoms with Gasteiger partial charge in [-0.3, -0.25) is 0 Å². The van der Waals surface area contributed by atoms with E-state index in [-0.39, 0.29) is 6.04 Å². The van der Waals surface area contributed by atoms with Crippen LogP contribution in [0.4, 0.5) is 0 Å². The minimum Gasteiger partial charge on any atom is -0.330 e. The summed E-state index contributed by atoms with van der Waals surface area (Å²) in [4.78, 5) is 5.10. The van der Waals surface area contributed by atoms with Crippen molar-refractivity contribution in [3.8, 4) is 0 Å². The molecular weight excluding hydrogens is 334 g/mol. The largest absolute Gasteiger partial charge is 0.330 e. The Labute approximate surface area is 148 Å². The van der Waals surface area contributed by atoms with Gasteiger partial charge in [-0.1, -0.05) is 36.8 Å². The maximum atomic E-state index is 13.2. The molecule has 1 aromatic heterocycles. The molecule has 3 aromatic rings. The van der Waals surface area contributed by atoms with Crippen LogP contribution >= 0.6 is 0 Å². The summed E-state index contributed by atoms with van der Waals surface area (Å²) >= 11 is 0. The van der Waals surface area contributed by atoms with Gasteiger partial charge in [0, 0.05) is 13.6 Å². The van der Waals surface area contributed by atoms with Crippen LogP contribution in [-0.2, 0) is 17.1 Å². The Hall–Kier alpha value is -2.18. The van der Waals surface area contributed by atoms with Gasteiger partial charge in [0.15, 0.2) is 0 Å². The van der Waals surface area contributed by atoms with E-state index in [9.17, 15) is 8.42 Å². The quantitative estimate of drug-likeness (QED) is 0.723. The van der Waals surface area contributed by atoms with Crippen LogP contribution in [0.3, 0.4) is 0 Å². The van der Waals surface area contributed by atoms with Gasteiger partial charge in [-0.25, -0.2) is 13.4 Å². The summed E-state index contributed by atoms with van der Waals surface area (Å²) in [5.41, 5.74) is 1.93. The third-order valence-corrected chi connectivity index (χ3v) is 6.85. The average molecular weight is 355 g/mol. The van der Waals surface area contributed by atoms with Crippen LogP contribution in [-0.4, -0.2) is 28.8 Å². The number of para-hydroxylation sites is 2. The molecule has 1 aliphatic rings. The SMILES string of the molecule is Cn1c(C2CCCCN2S(=O)(=O)c2ccccc2)nc2ccccc21. The summed E-state index contributed by atoms with van der Waals surface area (Å²) < 4.78 is 30.0. The number of aryl methyl sites for hydroxylation is 1. The minimum atomic E-state index is -3.53. The van der Waals surface area contributed by atoms with E-state index in [4.69, 9.17) is 4.98 Å². The molecule has 1 saturated heterocycles. The van der Waals surface area contributed by atoms with Gasteiger partial charge in [0.05, 0.1) is 22.0 Å². The smallest absolute Gasteiger partial charge is 0.243 e. The maximum absolute atomic E-state index is 13.2. The highest BCUT2D eigenvalue weighted by molar-refractivity contribution is 7.89. The van der Waals surface area contributed by atoms with Gasteiger partial charge in [-0.05, 0) is 37.1 Å². The van der Waals surface area contributed by atoms with Crippen molar-refractivity contribution >= 4 is 21.1 Å². The molecule has 6 heteroatoms. The number of piperidine rings is 1. The number of sulfonamides is 1. The van der Waals surface area contributed by atoms with E-state index >= 15 is 0 Å². The maximum Gasteiger partial charge on any atom is 0.243 e. The number of nitrogens with zero attached hydrogens (tertiary/aromatic N) is 3. The zero-order chi connectivity index (χ0) is 17.4. The van der Waals surface area contributed by atoms with Crippen LogP contribution in [0.15, 0.2) is 59.5 Å². The lowest BCUT2D eigenvalue weighted by Gasteiger charge is -2.34. The molecule has 25 heavy (non-hydrogen) atoms. The molecule has 0 aliphatic carbocycles. The monoisotopic (exact) mass is 355 g/mol. The van der Waals surface area contributed by atoms with Crippen LogP contribution in [0.25, 0.3) is 11.0 Å². The predicted molar refractivity (Wildman–Crippen MR) is 97.6 cm³/mol. The minimum absolute atomic E-state index is 0.226. The molecule has 0 spiro atoms. The van der Waals surface area contributed by atoms with Gasteiger partial charge in [0.2, 0.25) is 10.0 Å². The molecule has 130 valence electrons. The standard InChI is InChI=1S/C19H21N3O2S/c1-21-17-12-6-5-11-16(17)20-19(21)18-13-7-8-14-22(18)25(23,24)15-9-3-2-4-10-15/h2-6,9-12,18H,7-8,13-14H2,1H3. The second kappa shape index (κ2) is 6.28. The molecular formula is C19H21N3O2S. The highest BCUT2D eigenvalue weighted by Crippen LogP contribution is 2.35. The van der Waals surface area contributed by atoms with E-state index < -0.39 is 10.0 Å². The number of hydrogen-bond donors (Lipinski definition) is 0. The van der Waals surface area contributed by atoms with Crippen molar-refractivity contribution in [3.05, 3.63) is 60.4 Å². The zero-order valence-electron chi connectivity index (χ0n) is 14.2. The number of fused-ring (bicyclic) bond motifs is 1. The molecule has 4 rings (SSSR count). The summed E-state index contributed by atoms with van der Waals surface area (Å²) in [5.74, 6) is 0.820. The van der Waals surface area contributed by atoms with E-state index in [2.05, 4.69) is 0 Å². The van der Waals surface area contributed by atoms with Gasteiger partial charge in [-0.15, -0.1) is 0 Å². The topological polar surface area (TPSA) is 55.2 Å². The fourth-order valence-electron chi connectivity index (χ4n) is 3.64. The van der Waals surface area contributed by atoms with Crippen molar-refractivity contribution in [2.45, 2.75) is 30.2 Å². The molecule has 1 atom stereocenters. The average Bonchev–Trinajstić information content (AvgIpc) is 2.99. The highest BCUT2D eigenvalue weighted by atomic mass is 32.2. The fraction of sp³-hybridized carbons (Fsp3) is 0.316. The van der Waals surface area contributed by atoms with E-state index in [1.807, 2.05) is 41.9 Å². The molecule has 0 radical (unpaired) electrons. The Bertz CT molecular complexity index is 996. The van der Waals surface area contributed by atoms with Crippen LogP contribution in [0.1, 0.15) is 31.1 Å². The Morgan fingerprint density at radius 2 is 1.72 bits per heavy atom. The second-order valence-electron chi connectivity index (χ2n) is 6.46. The van der Waals surface area contributed by atoms with Gasteiger partial charge in [0.1, 0.15) is 5.82 Å². The molecule has 1 fully saturated rings. The molecule has 0 amide bonds. The number of rotatable bonds is 3. The van der Waals surface area contributed by atoms with Gasteiger partial charge in [-0.2, -0.15) is 4.31 Å². The first-order valence-corrected chi connectivity index (χ1v) is 10.0. The van der Waals surface area contributed by atoms with Gasteiger partial charge >= 0.3 is 0 Å². The van der Waals surface area contributed by atoms with Crippen LogP contribution in [0, 0.1) is 0 Å². The Morgan fingerprint density at radius 3 is 2.48 bits per heavy atom. The fourth-order valence-corrected chi connectivity index (χ4v) is 5.32. The predicted octanol–water partition coefficient (Wildman–Crippen LogP) is 3.49. The zero-order valence-corrected chi connectivity index (χ0v) is 15.0. The first-order chi connectivity index (χ1) is 12.1. The molecule has 0 saturated carbocycles. The van der Waals surface area contributed by atoms with Crippen molar-refractivity contribution in [2.75, 3.05) is 6.54 Å².